The molecule has 196 valence electrons. The number of hydrogen-bond donors (Lipinski definition) is 3. The predicted octanol–water partition coefficient (Wildman–Crippen LogP) is 5.38. The van der Waals surface area contributed by atoms with Crippen molar-refractivity contribution >= 4 is 12.3 Å². The van der Waals surface area contributed by atoms with Crippen molar-refractivity contribution in [3.8, 4) is 0 Å². The first kappa shape index (κ1) is 25.4. The summed E-state index contributed by atoms with van der Waals surface area (Å²) in [5.74, 6) is -0.517. The van der Waals surface area contributed by atoms with Gasteiger partial charge in [0.25, 0.3) is 0 Å². The van der Waals surface area contributed by atoms with Crippen molar-refractivity contribution in [3.63, 3.8) is 0 Å². The van der Waals surface area contributed by atoms with Crippen LogP contribution in [0, 0.1) is 50.2 Å². The molecule has 5 aliphatic rings. The van der Waals surface area contributed by atoms with E-state index in [1.807, 2.05) is 6.92 Å². The summed E-state index contributed by atoms with van der Waals surface area (Å²) in [7, 11) is 0. The topological polar surface area (TPSA) is 94.8 Å². The lowest BCUT2D eigenvalue weighted by atomic mass is 9.33. The van der Waals surface area contributed by atoms with Crippen molar-refractivity contribution in [1.82, 2.24) is 0 Å². The Bertz CT molecular complexity index is 970. The number of carbonyl (C=O) groups is 2. The summed E-state index contributed by atoms with van der Waals surface area (Å²) in [5.41, 5.74) is -0.934. The van der Waals surface area contributed by atoms with E-state index in [-0.39, 0.29) is 33.5 Å². The van der Waals surface area contributed by atoms with E-state index in [2.05, 4.69) is 40.7 Å². The summed E-state index contributed by atoms with van der Waals surface area (Å²) >= 11 is 0. The molecular weight excluding hydrogens is 440 g/mol. The third kappa shape index (κ3) is 2.94. The Kier molecular flexibility index (Phi) is 5.40. The Morgan fingerprint density at radius 2 is 1.60 bits per heavy atom. The maximum absolute atomic E-state index is 12.8. The summed E-state index contributed by atoms with van der Waals surface area (Å²) in [6.45, 7) is 13.5. The van der Waals surface area contributed by atoms with Crippen LogP contribution in [0.5, 0.6) is 0 Å². The third-order valence-corrected chi connectivity index (χ3v) is 13.0. The smallest absolute Gasteiger partial charge is 0.312 e. The molecule has 4 fully saturated rings. The Morgan fingerprint density at radius 3 is 2.23 bits per heavy atom. The van der Waals surface area contributed by atoms with Gasteiger partial charge in [-0.2, -0.15) is 0 Å². The van der Waals surface area contributed by atoms with Gasteiger partial charge < -0.3 is 20.1 Å². The number of aldehydes is 1. The molecule has 0 amide bonds. The number of hydrogen-bond acceptors (Lipinski definition) is 4. The lowest BCUT2D eigenvalue weighted by Crippen LogP contribution is -2.67. The lowest BCUT2D eigenvalue weighted by Gasteiger charge is -2.71. The zero-order valence-electron chi connectivity index (χ0n) is 22.6. The van der Waals surface area contributed by atoms with Crippen molar-refractivity contribution in [3.05, 3.63) is 11.6 Å². The van der Waals surface area contributed by atoms with Gasteiger partial charge in [0.05, 0.1) is 17.6 Å². The van der Waals surface area contributed by atoms with Crippen LogP contribution in [0.2, 0.25) is 0 Å². The van der Waals surface area contributed by atoms with E-state index >= 15 is 0 Å². The van der Waals surface area contributed by atoms with Gasteiger partial charge in [0.1, 0.15) is 11.7 Å². The second kappa shape index (κ2) is 7.43. The molecule has 0 radical (unpaired) electrons. The minimum atomic E-state index is -1.09. The van der Waals surface area contributed by atoms with Crippen LogP contribution >= 0.6 is 0 Å². The molecule has 10 atom stereocenters. The van der Waals surface area contributed by atoms with Gasteiger partial charge >= 0.3 is 5.97 Å². The molecule has 0 heterocycles. The van der Waals surface area contributed by atoms with Crippen molar-refractivity contribution < 1.29 is 24.9 Å². The first-order valence-corrected chi connectivity index (χ1v) is 13.9. The number of carbonyl (C=O) groups excluding carboxylic acids is 1. The minimum Gasteiger partial charge on any atom is -0.481 e. The van der Waals surface area contributed by atoms with E-state index in [1.165, 1.54) is 5.57 Å². The van der Waals surface area contributed by atoms with E-state index < -0.39 is 29.0 Å². The van der Waals surface area contributed by atoms with Gasteiger partial charge in [0.15, 0.2) is 0 Å². The zero-order valence-corrected chi connectivity index (χ0v) is 22.6. The summed E-state index contributed by atoms with van der Waals surface area (Å²) in [5, 5.41) is 33.0. The summed E-state index contributed by atoms with van der Waals surface area (Å²) in [4.78, 5) is 25.1. The number of fused-ring (bicyclic) bond motifs is 7. The average Bonchev–Trinajstić information content (AvgIpc) is 2.76. The van der Waals surface area contributed by atoms with Crippen LogP contribution in [-0.2, 0) is 9.59 Å². The molecule has 9 unspecified atom stereocenters. The number of aliphatic carboxylic acids is 1. The van der Waals surface area contributed by atoms with E-state index in [0.717, 1.165) is 44.8 Å². The van der Waals surface area contributed by atoms with Gasteiger partial charge in [-0.25, -0.2) is 0 Å². The van der Waals surface area contributed by atoms with Gasteiger partial charge in [0.2, 0.25) is 0 Å². The van der Waals surface area contributed by atoms with Crippen LogP contribution in [0.25, 0.3) is 0 Å². The number of carboxylic acids is 1. The highest BCUT2D eigenvalue weighted by Gasteiger charge is 2.71. The maximum atomic E-state index is 12.8. The fourth-order valence-electron chi connectivity index (χ4n) is 10.6. The molecule has 5 heteroatoms. The van der Waals surface area contributed by atoms with Crippen LogP contribution in [0.4, 0.5) is 0 Å². The fourth-order valence-corrected chi connectivity index (χ4v) is 10.6. The molecule has 5 nitrogen and oxygen atoms in total. The van der Waals surface area contributed by atoms with Gasteiger partial charge in [-0.15, -0.1) is 0 Å². The van der Waals surface area contributed by atoms with Crippen LogP contribution < -0.4 is 0 Å². The summed E-state index contributed by atoms with van der Waals surface area (Å²) in [6, 6.07) is 0. The van der Waals surface area contributed by atoms with Crippen molar-refractivity contribution in [2.75, 3.05) is 0 Å². The number of allylic oxidation sites excluding steroid dienone is 2. The highest BCUT2D eigenvalue weighted by atomic mass is 16.4. The summed E-state index contributed by atoms with van der Waals surface area (Å²) < 4.78 is 0. The van der Waals surface area contributed by atoms with Crippen LogP contribution in [-0.4, -0.2) is 39.8 Å². The Hall–Kier alpha value is -1.20. The van der Waals surface area contributed by atoms with Crippen LogP contribution in [0.3, 0.4) is 0 Å². The highest BCUT2D eigenvalue weighted by Crippen LogP contribution is 2.75. The molecule has 5 rings (SSSR count). The standard InChI is InChI=1S/C30H46O5/c1-25(2)13-14-30(24(34)35)19(15-25)18-7-8-21-26(3)11-10-22(32)27(4,17-31)20(26)9-12-28(21,5)29(18,6)16-23(30)33/h7,17,19-23,32-33H,8-16H2,1-6H3,(H,34,35)/t19?,20?,21?,22?,23?,26?,27-,28?,29?,30?/m0/s1. The highest BCUT2D eigenvalue weighted by molar-refractivity contribution is 5.77. The zero-order chi connectivity index (χ0) is 25.8. The van der Waals surface area contributed by atoms with E-state index in [4.69, 9.17) is 0 Å². The number of rotatable bonds is 2. The molecule has 0 aliphatic heterocycles. The van der Waals surface area contributed by atoms with Crippen LogP contribution in [0.15, 0.2) is 11.6 Å². The molecule has 4 saturated carbocycles. The van der Waals surface area contributed by atoms with E-state index in [1.54, 1.807) is 0 Å². The Morgan fingerprint density at radius 1 is 0.914 bits per heavy atom. The molecular formula is C30H46O5. The summed E-state index contributed by atoms with van der Waals surface area (Å²) in [6.07, 6.45) is 8.83. The third-order valence-electron chi connectivity index (χ3n) is 13.0. The molecule has 0 bridgehead atoms. The van der Waals surface area contributed by atoms with Crippen molar-refractivity contribution in [2.45, 2.75) is 112 Å². The molecule has 0 saturated heterocycles. The number of aliphatic hydroxyl groups is 2. The van der Waals surface area contributed by atoms with Gasteiger partial charge in [-0.1, -0.05) is 53.2 Å². The maximum Gasteiger partial charge on any atom is 0.312 e. The molecule has 5 aliphatic carbocycles. The predicted molar refractivity (Wildman–Crippen MR) is 134 cm³/mol. The monoisotopic (exact) mass is 486 g/mol. The number of carboxylic acid groups (broad SMARTS) is 1. The first-order chi connectivity index (χ1) is 16.1. The van der Waals surface area contributed by atoms with Gasteiger partial charge in [-0.05, 0) is 97.2 Å². The van der Waals surface area contributed by atoms with Gasteiger partial charge in [0, 0.05) is 0 Å². The molecule has 3 N–H and O–H groups in total. The Labute approximate surface area is 210 Å². The largest absolute Gasteiger partial charge is 0.481 e. The van der Waals surface area contributed by atoms with Crippen molar-refractivity contribution in [1.29, 1.82) is 0 Å². The molecule has 0 spiro atoms. The molecule has 0 aromatic carbocycles. The second-order valence-electron chi connectivity index (χ2n) is 14.8. The van der Waals surface area contributed by atoms with E-state index in [9.17, 15) is 24.9 Å². The molecule has 0 aromatic rings. The molecule has 0 aromatic heterocycles. The van der Waals surface area contributed by atoms with Crippen LogP contribution in [0.1, 0.15) is 99.3 Å². The quantitative estimate of drug-likeness (QED) is 0.360. The average molecular weight is 487 g/mol. The Balaban J connectivity index is 1.63. The second-order valence-corrected chi connectivity index (χ2v) is 14.8. The first-order valence-electron chi connectivity index (χ1n) is 13.9. The fraction of sp³-hybridized carbons (Fsp3) is 0.867. The van der Waals surface area contributed by atoms with Crippen molar-refractivity contribution in [2.24, 2.45) is 50.2 Å². The normalized spacial score (nSPS) is 54.9. The SMILES string of the molecule is CC1(C)CCC2(C(=O)O)C(O)CC3(C)C(=CCC4C5(C)CCC(O)[C@@](C)(C=O)C5CCC43C)C2C1. The molecule has 35 heavy (non-hydrogen) atoms. The lowest BCUT2D eigenvalue weighted by molar-refractivity contribution is -0.217. The van der Waals surface area contributed by atoms with Gasteiger partial charge in [-0.3, -0.25) is 4.79 Å². The van der Waals surface area contributed by atoms with E-state index in [0.29, 0.717) is 25.2 Å². The number of aliphatic hydroxyl groups excluding tert-OH is 2. The minimum absolute atomic E-state index is 0.0507.